The van der Waals surface area contributed by atoms with Gasteiger partial charge >= 0.3 is 0 Å². The van der Waals surface area contributed by atoms with E-state index in [-0.39, 0.29) is 5.56 Å². The van der Waals surface area contributed by atoms with Crippen LogP contribution < -0.4 is 15.0 Å². The van der Waals surface area contributed by atoms with Gasteiger partial charge in [-0.3, -0.25) is 4.79 Å². The maximum absolute atomic E-state index is 12.4. The number of H-pyrrole nitrogens is 1. The van der Waals surface area contributed by atoms with E-state index in [9.17, 15) is 4.79 Å². The molecule has 118 valence electrons. The normalized spacial score (nSPS) is 10.8. The number of nitrogens with one attached hydrogen (secondary N) is 1. The molecule has 0 aliphatic carbocycles. The molecule has 3 rings (SSSR count). The molecule has 0 amide bonds. The first-order chi connectivity index (χ1) is 11.0. The highest BCUT2D eigenvalue weighted by atomic mass is 79.9. The van der Waals surface area contributed by atoms with Crippen LogP contribution in [0.3, 0.4) is 0 Å². The minimum absolute atomic E-state index is 0.118. The number of methoxy groups -OCH3 is 2. The molecule has 1 aromatic heterocycles. The third-order valence-electron chi connectivity index (χ3n) is 3.79. The van der Waals surface area contributed by atoms with E-state index < -0.39 is 0 Å². The lowest BCUT2D eigenvalue weighted by atomic mass is 10.0. The number of hydrogen-bond donors (Lipinski definition) is 1. The van der Waals surface area contributed by atoms with E-state index in [0.29, 0.717) is 22.6 Å². The van der Waals surface area contributed by atoms with Gasteiger partial charge in [0.05, 0.1) is 19.9 Å². The molecule has 5 heteroatoms. The van der Waals surface area contributed by atoms with Crippen LogP contribution in [0.25, 0.3) is 22.0 Å². The second-order valence-electron chi connectivity index (χ2n) is 5.26. The van der Waals surface area contributed by atoms with Gasteiger partial charge in [0.15, 0.2) is 11.5 Å². The van der Waals surface area contributed by atoms with Crippen molar-refractivity contribution in [2.24, 2.45) is 0 Å². The molecule has 0 unspecified atom stereocenters. The molecule has 0 atom stereocenters. The fourth-order valence-electron chi connectivity index (χ4n) is 2.60. The second kappa shape index (κ2) is 6.08. The Labute approximate surface area is 142 Å². The van der Waals surface area contributed by atoms with Crippen molar-refractivity contribution in [3.05, 3.63) is 56.8 Å². The van der Waals surface area contributed by atoms with E-state index in [1.54, 1.807) is 14.2 Å². The molecular weight excluding hydrogens is 358 g/mol. The molecule has 23 heavy (non-hydrogen) atoms. The van der Waals surface area contributed by atoms with Gasteiger partial charge in [-0.2, -0.15) is 0 Å². The molecule has 4 nitrogen and oxygen atoms in total. The highest BCUT2D eigenvalue weighted by Gasteiger charge is 2.13. The molecule has 0 bridgehead atoms. The minimum atomic E-state index is -0.118. The standard InChI is InChI=1S/C18H16BrNO3/c1-10-4-6-12-13(8-10)16(19)17(20-18(12)21)11-5-7-14(22-2)15(9-11)23-3/h4-9H,1-3H3,(H,20,21). The Kier molecular flexibility index (Phi) is 4.13. The van der Waals surface area contributed by atoms with Crippen molar-refractivity contribution < 1.29 is 9.47 Å². The van der Waals surface area contributed by atoms with Crippen LogP contribution in [-0.2, 0) is 0 Å². The van der Waals surface area contributed by atoms with E-state index in [1.165, 1.54) is 0 Å². The summed E-state index contributed by atoms with van der Waals surface area (Å²) in [5.74, 6) is 1.26. The lowest BCUT2D eigenvalue weighted by Gasteiger charge is -2.12. The van der Waals surface area contributed by atoms with Gasteiger partial charge in [-0.15, -0.1) is 0 Å². The smallest absolute Gasteiger partial charge is 0.256 e. The summed E-state index contributed by atoms with van der Waals surface area (Å²) in [6.07, 6.45) is 0. The number of fused-ring (bicyclic) bond motifs is 1. The fraction of sp³-hybridized carbons (Fsp3) is 0.167. The third kappa shape index (κ3) is 2.72. The summed E-state index contributed by atoms with van der Waals surface area (Å²) in [7, 11) is 3.18. The van der Waals surface area contributed by atoms with Gasteiger partial charge in [0.25, 0.3) is 5.56 Å². The number of rotatable bonds is 3. The van der Waals surface area contributed by atoms with Gasteiger partial charge in [-0.1, -0.05) is 17.7 Å². The molecule has 0 radical (unpaired) electrons. The van der Waals surface area contributed by atoms with Crippen LogP contribution in [0, 0.1) is 6.92 Å². The van der Waals surface area contributed by atoms with Gasteiger partial charge in [0.2, 0.25) is 0 Å². The lowest BCUT2D eigenvalue weighted by Crippen LogP contribution is -2.08. The van der Waals surface area contributed by atoms with Crippen LogP contribution in [0.1, 0.15) is 5.56 Å². The van der Waals surface area contributed by atoms with Crippen LogP contribution in [0.2, 0.25) is 0 Å². The third-order valence-corrected chi connectivity index (χ3v) is 4.61. The highest BCUT2D eigenvalue weighted by Crippen LogP contribution is 2.36. The summed E-state index contributed by atoms with van der Waals surface area (Å²) in [5, 5.41) is 1.55. The number of hydrogen-bond acceptors (Lipinski definition) is 3. The van der Waals surface area contributed by atoms with Crippen molar-refractivity contribution in [2.75, 3.05) is 14.2 Å². The Balaban J connectivity index is 2.28. The van der Waals surface area contributed by atoms with Crippen LogP contribution in [-0.4, -0.2) is 19.2 Å². The quantitative estimate of drug-likeness (QED) is 0.745. The number of aryl methyl sites for hydroxylation is 1. The summed E-state index contributed by atoms with van der Waals surface area (Å²) in [5.41, 5.74) is 2.54. The molecule has 0 aliphatic heterocycles. The molecule has 0 fully saturated rings. The second-order valence-corrected chi connectivity index (χ2v) is 6.05. The molecule has 3 aromatic rings. The summed E-state index contributed by atoms with van der Waals surface area (Å²) in [4.78, 5) is 15.3. The summed E-state index contributed by atoms with van der Waals surface area (Å²) >= 11 is 3.63. The predicted molar refractivity (Wildman–Crippen MR) is 95.5 cm³/mol. The molecule has 0 aliphatic rings. The van der Waals surface area contributed by atoms with Crippen molar-refractivity contribution in [3.8, 4) is 22.8 Å². The van der Waals surface area contributed by atoms with Crippen LogP contribution in [0.5, 0.6) is 11.5 Å². The number of pyridine rings is 1. The molecule has 1 N–H and O–H groups in total. The average molecular weight is 374 g/mol. The van der Waals surface area contributed by atoms with Gasteiger partial charge in [-0.05, 0) is 47.1 Å². The topological polar surface area (TPSA) is 51.3 Å². The van der Waals surface area contributed by atoms with E-state index in [0.717, 1.165) is 21.0 Å². The average Bonchev–Trinajstić information content (AvgIpc) is 2.57. The van der Waals surface area contributed by atoms with E-state index in [1.807, 2.05) is 43.3 Å². The van der Waals surface area contributed by atoms with Crippen molar-refractivity contribution in [1.82, 2.24) is 4.98 Å². The van der Waals surface area contributed by atoms with Crippen molar-refractivity contribution in [1.29, 1.82) is 0 Å². The Morgan fingerprint density at radius 2 is 1.70 bits per heavy atom. The Morgan fingerprint density at radius 3 is 2.39 bits per heavy atom. The lowest BCUT2D eigenvalue weighted by molar-refractivity contribution is 0.355. The number of ether oxygens (including phenoxy) is 2. The number of benzene rings is 2. The van der Waals surface area contributed by atoms with Gasteiger partial charge < -0.3 is 14.5 Å². The number of halogens is 1. The predicted octanol–water partition coefficient (Wildman–Crippen LogP) is 4.28. The first kappa shape index (κ1) is 15.6. The van der Waals surface area contributed by atoms with Crippen LogP contribution in [0.4, 0.5) is 0 Å². The fourth-order valence-corrected chi connectivity index (χ4v) is 3.25. The SMILES string of the molecule is COc1ccc(-c2[nH]c(=O)c3ccc(C)cc3c2Br)cc1OC. The van der Waals surface area contributed by atoms with Crippen molar-refractivity contribution in [2.45, 2.75) is 6.92 Å². The largest absolute Gasteiger partial charge is 0.493 e. The molecule has 1 heterocycles. The zero-order valence-electron chi connectivity index (χ0n) is 13.1. The summed E-state index contributed by atoms with van der Waals surface area (Å²) in [6, 6.07) is 11.3. The van der Waals surface area contributed by atoms with Gasteiger partial charge in [0.1, 0.15) is 0 Å². The Morgan fingerprint density at radius 1 is 0.957 bits per heavy atom. The zero-order chi connectivity index (χ0) is 16.6. The van der Waals surface area contributed by atoms with Crippen LogP contribution >= 0.6 is 15.9 Å². The van der Waals surface area contributed by atoms with Gasteiger partial charge in [-0.25, -0.2) is 0 Å². The molecule has 0 spiro atoms. The van der Waals surface area contributed by atoms with Crippen LogP contribution in [0.15, 0.2) is 45.7 Å². The Hall–Kier alpha value is -2.27. The summed E-state index contributed by atoms with van der Waals surface area (Å²) in [6.45, 7) is 2.00. The maximum Gasteiger partial charge on any atom is 0.256 e. The molecule has 0 saturated carbocycles. The minimum Gasteiger partial charge on any atom is -0.493 e. The first-order valence-corrected chi connectivity index (χ1v) is 7.89. The first-order valence-electron chi connectivity index (χ1n) is 7.09. The Bertz CT molecular complexity index is 947. The number of aromatic amines is 1. The van der Waals surface area contributed by atoms with Gasteiger partial charge in [0, 0.05) is 20.8 Å². The maximum atomic E-state index is 12.4. The van der Waals surface area contributed by atoms with E-state index in [2.05, 4.69) is 20.9 Å². The monoisotopic (exact) mass is 373 g/mol. The van der Waals surface area contributed by atoms with E-state index in [4.69, 9.17) is 9.47 Å². The zero-order valence-corrected chi connectivity index (χ0v) is 14.7. The number of aromatic nitrogens is 1. The van der Waals surface area contributed by atoms with Crippen molar-refractivity contribution in [3.63, 3.8) is 0 Å². The van der Waals surface area contributed by atoms with Crippen molar-refractivity contribution >= 4 is 26.7 Å². The molecule has 2 aromatic carbocycles. The molecular formula is C18H16BrNO3. The highest BCUT2D eigenvalue weighted by molar-refractivity contribution is 9.10. The molecule has 0 saturated heterocycles. The van der Waals surface area contributed by atoms with E-state index >= 15 is 0 Å². The summed E-state index contributed by atoms with van der Waals surface area (Å²) < 4.78 is 11.5.